The third kappa shape index (κ3) is 2.57. The number of rotatable bonds is 3. The average molecular weight is 298 g/mol. The standard InChI is InChI=1S/C17H16ClN3/c1-12-8-9-15(13(2)10-12)17-20-19-16(11-18)21(17)14-6-4-3-5-7-14/h3-10H,11H2,1-2H3. The number of aryl methyl sites for hydroxylation is 2. The van der Waals surface area contributed by atoms with E-state index in [1.165, 1.54) is 11.1 Å². The predicted octanol–water partition coefficient (Wildman–Crippen LogP) is 4.29. The molecule has 1 aromatic heterocycles. The van der Waals surface area contributed by atoms with E-state index in [1.54, 1.807) is 0 Å². The van der Waals surface area contributed by atoms with Crippen molar-refractivity contribution in [1.29, 1.82) is 0 Å². The van der Waals surface area contributed by atoms with Gasteiger partial charge in [0.2, 0.25) is 0 Å². The molecule has 0 N–H and O–H groups in total. The molecule has 0 spiro atoms. The highest BCUT2D eigenvalue weighted by Crippen LogP contribution is 2.26. The van der Waals surface area contributed by atoms with Crippen LogP contribution in [0.2, 0.25) is 0 Å². The van der Waals surface area contributed by atoms with Crippen LogP contribution in [0.1, 0.15) is 17.0 Å². The SMILES string of the molecule is Cc1ccc(-c2nnc(CCl)n2-c2ccccc2)c(C)c1. The predicted molar refractivity (Wildman–Crippen MR) is 85.8 cm³/mol. The van der Waals surface area contributed by atoms with Gasteiger partial charge in [0.05, 0.1) is 5.88 Å². The van der Waals surface area contributed by atoms with Gasteiger partial charge in [-0.3, -0.25) is 4.57 Å². The van der Waals surface area contributed by atoms with E-state index in [-0.39, 0.29) is 0 Å². The van der Waals surface area contributed by atoms with Crippen LogP contribution in [-0.4, -0.2) is 14.8 Å². The van der Waals surface area contributed by atoms with Crippen molar-refractivity contribution in [2.75, 3.05) is 0 Å². The largest absolute Gasteiger partial charge is 0.278 e. The number of benzene rings is 2. The molecule has 0 saturated heterocycles. The van der Waals surface area contributed by atoms with Crippen LogP contribution in [0.5, 0.6) is 0 Å². The lowest BCUT2D eigenvalue weighted by atomic mass is 10.1. The van der Waals surface area contributed by atoms with Crippen LogP contribution < -0.4 is 0 Å². The summed E-state index contributed by atoms with van der Waals surface area (Å²) >= 11 is 6.02. The highest BCUT2D eigenvalue weighted by molar-refractivity contribution is 6.16. The maximum absolute atomic E-state index is 6.02. The van der Waals surface area contributed by atoms with Crippen molar-refractivity contribution < 1.29 is 0 Å². The maximum atomic E-state index is 6.02. The van der Waals surface area contributed by atoms with Gasteiger partial charge in [0, 0.05) is 11.3 Å². The smallest absolute Gasteiger partial charge is 0.168 e. The van der Waals surface area contributed by atoms with Crippen LogP contribution >= 0.6 is 11.6 Å². The lowest BCUT2D eigenvalue weighted by Crippen LogP contribution is -2.02. The Morgan fingerprint density at radius 1 is 1.00 bits per heavy atom. The molecular formula is C17H16ClN3. The molecule has 3 rings (SSSR count). The summed E-state index contributed by atoms with van der Waals surface area (Å²) in [6, 6.07) is 16.4. The van der Waals surface area contributed by atoms with E-state index in [1.807, 2.05) is 34.9 Å². The lowest BCUT2D eigenvalue weighted by molar-refractivity contribution is 0.953. The first-order valence-corrected chi connectivity index (χ1v) is 7.37. The quantitative estimate of drug-likeness (QED) is 0.675. The van der Waals surface area contributed by atoms with E-state index in [9.17, 15) is 0 Å². The maximum Gasteiger partial charge on any atom is 0.168 e. The molecule has 0 saturated carbocycles. The highest BCUT2D eigenvalue weighted by atomic mass is 35.5. The molecule has 0 amide bonds. The van der Waals surface area contributed by atoms with Gasteiger partial charge in [0.1, 0.15) is 0 Å². The molecule has 0 radical (unpaired) electrons. The van der Waals surface area contributed by atoms with E-state index in [2.05, 4.69) is 42.2 Å². The van der Waals surface area contributed by atoms with Crippen LogP contribution in [0.15, 0.2) is 48.5 Å². The van der Waals surface area contributed by atoms with Crippen molar-refractivity contribution >= 4 is 11.6 Å². The van der Waals surface area contributed by atoms with Crippen LogP contribution in [0.3, 0.4) is 0 Å². The minimum Gasteiger partial charge on any atom is -0.278 e. The Kier molecular flexibility index (Phi) is 3.76. The van der Waals surface area contributed by atoms with Crippen molar-refractivity contribution in [3.8, 4) is 17.1 Å². The molecule has 0 aliphatic heterocycles. The summed E-state index contributed by atoms with van der Waals surface area (Å²) in [6.07, 6.45) is 0. The second kappa shape index (κ2) is 5.70. The lowest BCUT2D eigenvalue weighted by Gasteiger charge is -2.11. The minimum atomic E-state index is 0.326. The van der Waals surface area contributed by atoms with Gasteiger partial charge in [0.15, 0.2) is 11.6 Å². The van der Waals surface area contributed by atoms with Crippen molar-refractivity contribution in [2.45, 2.75) is 19.7 Å². The fourth-order valence-electron chi connectivity index (χ4n) is 2.49. The molecule has 106 valence electrons. The van der Waals surface area contributed by atoms with E-state index in [0.717, 1.165) is 22.9 Å². The Labute approximate surface area is 129 Å². The average Bonchev–Trinajstić information content (AvgIpc) is 2.92. The first-order chi connectivity index (χ1) is 10.2. The van der Waals surface area contributed by atoms with Gasteiger partial charge >= 0.3 is 0 Å². The van der Waals surface area contributed by atoms with Crippen molar-refractivity contribution in [3.63, 3.8) is 0 Å². The molecule has 3 nitrogen and oxygen atoms in total. The zero-order valence-electron chi connectivity index (χ0n) is 12.0. The van der Waals surface area contributed by atoms with Gasteiger partial charge < -0.3 is 0 Å². The molecule has 2 aromatic carbocycles. The molecule has 0 aliphatic carbocycles. The molecule has 0 unspecified atom stereocenters. The number of para-hydroxylation sites is 1. The Bertz CT molecular complexity index is 763. The zero-order chi connectivity index (χ0) is 14.8. The van der Waals surface area contributed by atoms with Crippen LogP contribution in [0, 0.1) is 13.8 Å². The number of hydrogen-bond acceptors (Lipinski definition) is 2. The van der Waals surface area contributed by atoms with Crippen molar-refractivity contribution in [2.24, 2.45) is 0 Å². The summed E-state index contributed by atoms with van der Waals surface area (Å²) in [4.78, 5) is 0. The second-order valence-corrected chi connectivity index (χ2v) is 5.33. The fourth-order valence-corrected chi connectivity index (χ4v) is 2.66. The van der Waals surface area contributed by atoms with Gasteiger partial charge in [-0.15, -0.1) is 21.8 Å². The van der Waals surface area contributed by atoms with Crippen LogP contribution in [0.25, 0.3) is 17.1 Å². The summed E-state index contributed by atoms with van der Waals surface area (Å²) in [5.74, 6) is 1.90. The van der Waals surface area contributed by atoms with Gasteiger partial charge in [-0.05, 0) is 31.5 Å². The van der Waals surface area contributed by atoms with E-state index < -0.39 is 0 Å². The summed E-state index contributed by atoms with van der Waals surface area (Å²) in [6.45, 7) is 4.18. The number of hydrogen-bond donors (Lipinski definition) is 0. The van der Waals surface area contributed by atoms with Crippen molar-refractivity contribution in [3.05, 3.63) is 65.5 Å². The number of halogens is 1. The molecular weight excluding hydrogens is 282 g/mol. The molecule has 0 fully saturated rings. The Morgan fingerprint density at radius 3 is 2.43 bits per heavy atom. The second-order valence-electron chi connectivity index (χ2n) is 5.06. The third-order valence-corrected chi connectivity index (χ3v) is 3.73. The van der Waals surface area contributed by atoms with E-state index >= 15 is 0 Å². The first kappa shape index (κ1) is 13.8. The molecule has 0 bridgehead atoms. The van der Waals surface area contributed by atoms with E-state index in [0.29, 0.717) is 5.88 Å². The fraction of sp³-hybridized carbons (Fsp3) is 0.176. The van der Waals surface area contributed by atoms with Crippen molar-refractivity contribution in [1.82, 2.24) is 14.8 Å². The minimum absolute atomic E-state index is 0.326. The first-order valence-electron chi connectivity index (χ1n) is 6.84. The summed E-state index contributed by atoms with van der Waals surface area (Å²) in [7, 11) is 0. The topological polar surface area (TPSA) is 30.7 Å². The monoisotopic (exact) mass is 297 g/mol. The van der Waals surface area contributed by atoms with Gasteiger partial charge in [0.25, 0.3) is 0 Å². The Morgan fingerprint density at radius 2 is 1.76 bits per heavy atom. The summed E-state index contributed by atoms with van der Waals surface area (Å²) < 4.78 is 2.02. The molecule has 1 heterocycles. The number of alkyl halides is 1. The highest BCUT2D eigenvalue weighted by Gasteiger charge is 2.16. The Hall–Kier alpha value is -2.13. The van der Waals surface area contributed by atoms with Gasteiger partial charge in [-0.25, -0.2) is 0 Å². The number of aromatic nitrogens is 3. The molecule has 0 atom stereocenters. The molecule has 4 heteroatoms. The number of nitrogens with zero attached hydrogens (tertiary/aromatic N) is 3. The van der Waals surface area contributed by atoms with Crippen LogP contribution in [-0.2, 0) is 5.88 Å². The molecule has 3 aromatic rings. The van der Waals surface area contributed by atoms with Gasteiger partial charge in [-0.2, -0.15) is 0 Å². The third-order valence-electron chi connectivity index (χ3n) is 3.49. The molecule has 0 aliphatic rings. The summed E-state index contributed by atoms with van der Waals surface area (Å²) in [5, 5.41) is 8.58. The van der Waals surface area contributed by atoms with Gasteiger partial charge in [-0.1, -0.05) is 42.0 Å². The zero-order valence-corrected chi connectivity index (χ0v) is 12.8. The van der Waals surface area contributed by atoms with Crippen LogP contribution in [0.4, 0.5) is 0 Å². The normalized spacial score (nSPS) is 10.8. The van der Waals surface area contributed by atoms with E-state index in [4.69, 9.17) is 11.6 Å². The Balaban J connectivity index is 2.22. The summed E-state index contributed by atoms with van der Waals surface area (Å²) in [5.41, 5.74) is 4.52. The molecule has 21 heavy (non-hydrogen) atoms.